The summed E-state index contributed by atoms with van der Waals surface area (Å²) in [6.07, 6.45) is 3.90. The van der Waals surface area contributed by atoms with Gasteiger partial charge in [0.05, 0.1) is 0 Å². The normalized spacial score (nSPS) is 16.0. The molecular formula is C18H19FN4O. The van der Waals surface area contributed by atoms with Crippen LogP contribution in [0.15, 0.2) is 34.9 Å². The molecule has 124 valence electrons. The molecule has 4 rings (SSSR count). The zero-order valence-corrected chi connectivity index (χ0v) is 13.5. The van der Waals surface area contributed by atoms with Crippen LogP contribution in [0.4, 0.5) is 16.2 Å². The summed E-state index contributed by atoms with van der Waals surface area (Å²) < 4.78 is 19.0. The van der Waals surface area contributed by atoms with E-state index >= 15 is 0 Å². The molecule has 6 heteroatoms. The van der Waals surface area contributed by atoms with Gasteiger partial charge in [0.1, 0.15) is 17.2 Å². The van der Waals surface area contributed by atoms with Crippen molar-refractivity contribution in [2.45, 2.75) is 25.7 Å². The van der Waals surface area contributed by atoms with Gasteiger partial charge in [-0.25, -0.2) is 9.37 Å². The summed E-state index contributed by atoms with van der Waals surface area (Å²) in [6, 6.07) is 6.92. The first-order valence-corrected chi connectivity index (χ1v) is 8.13. The summed E-state index contributed by atoms with van der Waals surface area (Å²) in [4.78, 5) is 10.8. The lowest BCUT2D eigenvalue weighted by atomic mass is 9.88. The molecule has 0 radical (unpaired) electrons. The lowest BCUT2D eigenvalue weighted by Crippen LogP contribution is -2.33. The van der Waals surface area contributed by atoms with Crippen molar-refractivity contribution in [2.75, 3.05) is 23.7 Å². The van der Waals surface area contributed by atoms with Crippen LogP contribution >= 0.6 is 0 Å². The first-order valence-electron chi connectivity index (χ1n) is 8.13. The third-order valence-electron chi connectivity index (χ3n) is 4.72. The fraction of sp³-hybridized carbons (Fsp3) is 0.333. The van der Waals surface area contributed by atoms with Crippen LogP contribution in [0, 0.1) is 12.7 Å². The molecule has 0 bridgehead atoms. The van der Waals surface area contributed by atoms with Crippen LogP contribution in [0.2, 0.25) is 0 Å². The minimum atomic E-state index is -0.310. The van der Waals surface area contributed by atoms with E-state index in [2.05, 4.69) is 21.8 Å². The molecule has 2 aromatic heterocycles. The third-order valence-corrected chi connectivity index (χ3v) is 4.72. The van der Waals surface area contributed by atoms with Crippen molar-refractivity contribution in [3.8, 4) is 0 Å². The number of hydrogen-bond donors (Lipinski definition) is 1. The number of nitrogen functional groups attached to an aromatic ring is 1. The Morgan fingerprint density at radius 2 is 2.04 bits per heavy atom. The van der Waals surface area contributed by atoms with Crippen LogP contribution in [0.25, 0.3) is 11.1 Å². The molecular weight excluding hydrogens is 307 g/mol. The van der Waals surface area contributed by atoms with Crippen LogP contribution < -0.4 is 10.6 Å². The zero-order chi connectivity index (χ0) is 16.7. The first kappa shape index (κ1) is 14.9. The Kier molecular flexibility index (Phi) is 3.59. The highest BCUT2D eigenvalue weighted by Gasteiger charge is 2.25. The minimum absolute atomic E-state index is 0.310. The predicted molar refractivity (Wildman–Crippen MR) is 91.5 cm³/mol. The van der Waals surface area contributed by atoms with Gasteiger partial charge in [0.15, 0.2) is 5.58 Å². The predicted octanol–water partition coefficient (Wildman–Crippen LogP) is 3.64. The number of oxazole rings is 1. The van der Waals surface area contributed by atoms with Crippen LogP contribution in [0.5, 0.6) is 0 Å². The number of nitrogens with two attached hydrogens (primary N) is 1. The SMILES string of the molecule is Cc1cc(N)ncc1C1CCN(c2nc3ccc(F)cc3o2)CC1. The van der Waals surface area contributed by atoms with Gasteiger partial charge in [0.25, 0.3) is 6.01 Å². The van der Waals surface area contributed by atoms with Crippen LogP contribution in [0.3, 0.4) is 0 Å². The molecule has 0 aliphatic carbocycles. The number of pyridine rings is 1. The quantitative estimate of drug-likeness (QED) is 0.779. The number of rotatable bonds is 2. The molecule has 0 saturated carbocycles. The lowest BCUT2D eigenvalue weighted by Gasteiger charge is -2.31. The van der Waals surface area contributed by atoms with Gasteiger partial charge >= 0.3 is 0 Å². The maximum atomic E-state index is 13.3. The number of piperidine rings is 1. The topological polar surface area (TPSA) is 68.2 Å². The number of halogens is 1. The molecule has 1 fully saturated rings. The number of hydrogen-bond acceptors (Lipinski definition) is 5. The second kappa shape index (κ2) is 5.78. The Bertz CT molecular complexity index is 884. The van der Waals surface area contributed by atoms with Crippen molar-refractivity contribution in [1.29, 1.82) is 0 Å². The molecule has 1 aliphatic rings. The standard InChI is InChI=1S/C18H19FN4O/c1-11-8-17(20)21-10-14(11)12-4-6-23(7-5-12)18-22-15-3-2-13(19)9-16(15)24-18/h2-3,8-10,12H,4-7H2,1H3,(H2,20,21). The van der Waals surface area contributed by atoms with Crippen molar-refractivity contribution in [3.05, 3.63) is 47.4 Å². The molecule has 24 heavy (non-hydrogen) atoms. The van der Waals surface area contributed by atoms with Crippen LogP contribution in [-0.2, 0) is 0 Å². The zero-order valence-electron chi connectivity index (χ0n) is 13.5. The number of aryl methyl sites for hydroxylation is 1. The first-order chi connectivity index (χ1) is 11.6. The molecule has 2 N–H and O–H groups in total. The van der Waals surface area contributed by atoms with Gasteiger partial charge in [-0.05, 0) is 55.0 Å². The molecule has 5 nitrogen and oxygen atoms in total. The minimum Gasteiger partial charge on any atom is -0.423 e. The van der Waals surface area contributed by atoms with E-state index in [0.717, 1.165) is 25.9 Å². The average molecular weight is 326 g/mol. The molecule has 1 saturated heterocycles. The van der Waals surface area contributed by atoms with Crippen molar-refractivity contribution < 1.29 is 8.81 Å². The number of aromatic nitrogens is 2. The van der Waals surface area contributed by atoms with E-state index in [-0.39, 0.29) is 5.82 Å². The molecule has 3 heterocycles. The van der Waals surface area contributed by atoms with Crippen molar-refractivity contribution in [2.24, 2.45) is 0 Å². The molecule has 1 aliphatic heterocycles. The van der Waals surface area contributed by atoms with Gasteiger partial charge < -0.3 is 15.1 Å². The number of fused-ring (bicyclic) bond motifs is 1. The summed E-state index contributed by atoms with van der Waals surface area (Å²) in [5.74, 6) is 0.721. The third kappa shape index (κ3) is 2.68. The van der Waals surface area contributed by atoms with Crippen LogP contribution in [-0.4, -0.2) is 23.1 Å². The number of anilines is 2. The smallest absolute Gasteiger partial charge is 0.298 e. The number of benzene rings is 1. The maximum Gasteiger partial charge on any atom is 0.298 e. The summed E-state index contributed by atoms with van der Waals surface area (Å²) in [6.45, 7) is 3.78. The molecule has 0 atom stereocenters. The highest BCUT2D eigenvalue weighted by molar-refractivity contribution is 5.74. The van der Waals surface area contributed by atoms with E-state index in [1.807, 2.05) is 12.3 Å². The van der Waals surface area contributed by atoms with E-state index in [1.165, 1.54) is 23.3 Å². The molecule has 1 aromatic carbocycles. The molecule has 0 amide bonds. The number of nitrogens with zero attached hydrogens (tertiary/aromatic N) is 3. The Morgan fingerprint density at radius 1 is 1.25 bits per heavy atom. The Balaban J connectivity index is 1.50. The summed E-state index contributed by atoms with van der Waals surface area (Å²) in [5.41, 5.74) is 9.37. The summed E-state index contributed by atoms with van der Waals surface area (Å²) in [7, 11) is 0. The fourth-order valence-corrected chi connectivity index (χ4v) is 3.42. The molecule has 3 aromatic rings. The Morgan fingerprint density at radius 3 is 2.79 bits per heavy atom. The average Bonchev–Trinajstić information content (AvgIpc) is 2.98. The second-order valence-corrected chi connectivity index (χ2v) is 6.34. The van der Waals surface area contributed by atoms with Crippen molar-refractivity contribution >= 4 is 22.9 Å². The molecule has 0 spiro atoms. The van der Waals surface area contributed by atoms with Gasteiger partial charge in [-0.2, -0.15) is 4.98 Å². The maximum absolute atomic E-state index is 13.3. The van der Waals surface area contributed by atoms with E-state index in [1.54, 1.807) is 6.07 Å². The van der Waals surface area contributed by atoms with E-state index in [4.69, 9.17) is 10.2 Å². The largest absolute Gasteiger partial charge is 0.423 e. The van der Waals surface area contributed by atoms with Gasteiger partial charge in [-0.1, -0.05) is 0 Å². The van der Waals surface area contributed by atoms with Crippen LogP contribution in [0.1, 0.15) is 29.9 Å². The van der Waals surface area contributed by atoms with Crippen molar-refractivity contribution in [3.63, 3.8) is 0 Å². The summed E-state index contributed by atoms with van der Waals surface area (Å²) >= 11 is 0. The van der Waals surface area contributed by atoms with Crippen molar-refractivity contribution in [1.82, 2.24) is 9.97 Å². The highest BCUT2D eigenvalue weighted by atomic mass is 19.1. The fourth-order valence-electron chi connectivity index (χ4n) is 3.42. The van der Waals surface area contributed by atoms with Gasteiger partial charge in [0.2, 0.25) is 0 Å². The van der Waals surface area contributed by atoms with E-state index < -0.39 is 0 Å². The summed E-state index contributed by atoms with van der Waals surface area (Å²) in [5, 5.41) is 0. The van der Waals surface area contributed by atoms with Gasteiger partial charge in [-0.3, -0.25) is 0 Å². The Labute approximate surface area is 139 Å². The highest BCUT2D eigenvalue weighted by Crippen LogP contribution is 2.33. The van der Waals surface area contributed by atoms with Gasteiger partial charge in [0, 0.05) is 25.4 Å². The monoisotopic (exact) mass is 326 g/mol. The Hall–Kier alpha value is -2.63. The lowest BCUT2D eigenvalue weighted by molar-refractivity contribution is 0.466. The van der Waals surface area contributed by atoms with E-state index in [0.29, 0.717) is 28.9 Å². The van der Waals surface area contributed by atoms with Gasteiger partial charge in [-0.15, -0.1) is 0 Å². The second-order valence-electron chi connectivity index (χ2n) is 6.34. The molecule has 0 unspecified atom stereocenters. The van der Waals surface area contributed by atoms with E-state index in [9.17, 15) is 4.39 Å².